The summed E-state index contributed by atoms with van der Waals surface area (Å²) in [6, 6.07) is 0. The Bertz CT molecular complexity index is 408. The zero-order valence-corrected chi connectivity index (χ0v) is 9.78. The third kappa shape index (κ3) is 1.74. The van der Waals surface area contributed by atoms with Gasteiger partial charge in [-0.25, -0.2) is 9.97 Å². The van der Waals surface area contributed by atoms with Crippen LogP contribution in [0.1, 0.15) is 36.8 Å². The molecule has 0 aromatic carbocycles. The minimum Gasteiger partial charge on any atom is -0.336 e. The van der Waals surface area contributed by atoms with E-state index in [1.807, 2.05) is 7.05 Å². The van der Waals surface area contributed by atoms with E-state index in [-0.39, 0.29) is 0 Å². The van der Waals surface area contributed by atoms with E-state index >= 15 is 0 Å². The highest BCUT2D eigenvalue weighted by Crippen LogP contribution is 2.26. The third-order valence-electron chi connectivity index (χ3n) is 2.71. The molecule has 3 heteroatoms. The molecule has 15 heavy (non-hydrogen) atoms. The van der Waals surface area contributed by atoms with Gasteiger partial charge >= 0.3 is 0 Å². The van der Waals surface area contributed by atoms with Crippen LogP contribution in [0.2, 0.25) is 0 Å². The van der Waals surface area contributed by atoms with Crippen LogP contribution in [-0.2, 0) is 6.42 Å². The Morgan fingerprint density at radius 1 is 1.33 bits per heavy atom. The molecule has 2 rings (SSSR count). The molecule has 0 unspecified atom stereocenters. The molecule has 0 bridgehead atoms. The molecule has 1 aliphatic heterocycles. The van der Waals surface area contributed by atoms with Crippen molar-refractivity contribution in [2.24, 2.45) is 0 Å². The van der Waals surface area contributed by atoms with Crippen LogP contribution in [0.25, 0.3) is 0 Å². The molecular weight excluding hydrogens is 186 g/mol. The van der Waals surface area contributed by atoms with E-state index in [1.54, 1.807) is 0 Å². The van der Waals surface area contributed by atoms with E-state index in [1.165, 1.54) is 5.56 Å². The minimum absolute atomic E-state index is 0.383. The number of hydrogen-bond acceptors (Lipinski definition) is 3. The Hall–Kier alpha value is -1.38. The van der Waals surface area contributed by atoms with E-state index < -0.39 is 0 Å². The van der Waals surface area contributed by atoms with Crippen LogP contribution in [0.3, 0.4) is 0 Å². The average molecular weight is 203 g/mol. The maximum absolute atomic E-state index is 4.62. The summed E-state index contributed by atoms with van der Waals surface area (Å²) in [5.41, 5.74) is 2.37. The SMILES string of the molecule is Cc1nc(C(C)C)nc2c1CC=CN2C. The van der Waals surface area contributed by atoms with E-state index in [2.05, 4.69) is 47.9 Å². The minimum atomic E-state index is 0.383. The smallest absolute Gasteiger partial charge is 0.139 e. The topological polar surface area (TPSA) is 29.0 Å². The Balaban J connectivity index is 2.55. The summed E-state index contributed by atoms with van der Waals surface area (Å²) < 4.78 is 0. The Morgan fingerprint density at radius 3 is 2.73 bits per heavy atom. The maximum atomic E-state index is 4.62. The molecule has 1 aromatic rings. The lowest BCUT2D eigenvalue weighted by atomic mass is 10.1. The fourth-order valence-corrected chi connectivity index (χ4v) is 1.79. The molecule has 0 aliphatic carbocycles. The summed E-state index contributed by atoms with van der Waals surface area (Å²) in [5.74, 6) is 2.38. The van der Waals surface area contributed by atoms with Gasteiger partial charge in [-0.2, -0.15) is 0 Å². The lowest BCUT2D eigenvalue weighted by Gasteiger charge is -2.23. The predicted molar refractivity (Wildman–Crippen MR) is 62.1 cm³/mol. The van der Waals surface area contributed by atoms with Gasteiger partial charge in [-0.3, -0.25) is 0 Å². The second-order valence-corrected chi connectivity index (χ2v) is 4.32. The van der Waals surface area contributed by atoms with E-state index in [9.17, 15) is 0 Å². The van der Waals surface area contributed by atoms with Gasteiger partial charge in [0.15, 0.2) is 0 Å². The van der Waals surface area contributed by atoms with Gasteiger partial charge in [0.2, 0.25) is 0 Å². The summed E-state index contributed by atoms with van der Waals surface area (Å²) in [6.45, 7) is 6.32. The maximum Gasteiger partial charge on any atom is 0.139 e. The highest BCUT2D eigenvalue weighted by atomic mass is 15.2. The summed E-state index contributed by atoms with van der Waals surface area (Å²) in [6.07, 6.45) is 5.16. The fourth-order valence-electron chi connectivity index (χ4n) is 1.79. The Labute approximate surface area is 90.9 Å². The molecule has 0 radical (unpaired) electrons. The molecule has 0 N–H and O–H groups in total. The van der Waals surface area contributed by atoms with Crippen molar-refractivity contribution in [3.63, 3.8) is 0 Å². The third-order valence-corrected chi connectivity index (χ3v) is 2.71. The fraction of sp³-hybridized carbons (Fsp3) is 0.500. The first-order chi connectivity index (χ1) is 7.09. The number of nitrogens with zero attached hydrogens (tertiary/aromatic N) is 3. The molecule has 0 fully saturated rings. The quantitative estimate of drug-likeness (QED) is 0.702. The molecule has 0 saturated carbocycles. The van der Waals surface area contributed by atoms with Crippen LogP contribution < -0.4 is 4.90 Å². The highest BCUT2D eigenvalue weighted by Gasteiger charge is 2.17. The van der Waals surface area contributed by atoms with Crippen molar-refractivity contribution < 1.29 is 0 Å². The van der Waals surface area contributed by atoms with Gasteiger partial charge in [0.05, 0.1) is 0 Å². The monoisotopic (exact) mass is 203 g/mol. The predicted octanol–water partition coefficient (Wildman–Crippen LogP) is 2.41. The van der Waals surface area contributed by atoms with Crippen molar-refractivity contribution in [3.05, 3.63) is 29.4 Å². The van der Waals surface area contributed by atoms with Gasteiger partial charge in [-0.15, -0.1) is 0 Å². The van der Waals surface area contributed by atoms with E-state index in [0.29, 0.717) is 5.92 Å². The second kappa shape index (κ2) is 3.65. The second-order valence-electron chi connectivity index (χ2n) is 4.32. The van der Waals surface area contributed by atoms with Crippen LogP contribution in [0, 0.1) is 6.92 Å². The van der Waals surface area contributed by atoms with Gasteiger partial charge in [-0.05, 0) is 13.3 Å². The summed E-state index contributed by atoms with van der Waals surface area (Å²) >= 11 is 0. The van der Waals surface area contributed by atoms with Gasteiger partial charge in [0.1, 0.15) is 11.6 Å². The number of rotatable bonds is 1. The van der Waals surface area contributed by atoms with Crippen molar-refractivity contribution in [2.75, 3.05) is 11.9 Å². The number of aryl methyl sites for hydroxylation is 1. The van der Waals surface area contributed by atoms with Gasteiger partial charge in [0, 0.05) is 30.4 Å². The van der Waals surface area contributed by atoms with Crippen molar-refractivity contribution in [3.8, 4) is 0 Å². The molecule has 0 spiro atoms. The first kappa shape index (κ1) is 10.1. The Kier molecular flexibility index (Phi) is 2.47. The summed E-state index contributed by atoms with van der Waals surface area (Å²) in [5, 5.41) is 0. The van der Waals surface area contributed by atoms with Crippen molar-refractivity contribution in [1.82, 2.24) is 9.97 Å². The molecular formula is C12H17N3. The zero-order valence-electron chi connectivity index (χ0n) is 9.78. The normalized spacial score (nSPS) is 14.6. The van der Waals surface area contributed by atoms with Crippen LogP contribution in [0.5, 0.6) is 0 Å². The van der Waals surface area contributed by atoms with Crippen LogP contribution in [-0.4, -0.2) is 17.0 Å². The first-order valence-electron chi connectivity index (χ1n) is 5.36. The number of hydrogen-bond donors (Lipinski definition) is 0. The molecule has 3 nitrogen and oxygen atoms in total. The number of anilines is 1. The van der Waals surface area contributed by atoms with E-state index in [0.717, 1.165) is 23.8 Å². The lowest BCUT2D eigenvalue weighted by molar-refractivity contribution is 0.755. The summed E-state index contributed by atoms with van der Waals surface area (Å²) in [7, 11) is 2.03. The molecule has 0 atom stereocenters. The molecule has 0 saturated heterocycles. The van der Waals surface area contributed by atoms with Gasteiger partial charge < -0.3 is 4.90 Å². The lowest BCUT2D eigenvalue weighted by Crippen LogP contribution is -2.19. The standard InChI is InChI=1S/C12H17N3/c1-8(2)11-13-9(3)10-6-5-7-15(4)12(10)14-11/h5,7-8H,6H2,1-4H3. The number of allylic oxidation sites excluding steroid dienone is 1. The van der Waals surface area contributed by atoms with E-state index in [4.69, 9.17) is 0 Å². The van der Waals surface area contributed by atoms with Crippen LogP contribution >= 0.6 is 0 Å². The molecule has 2 heterocycles. The zero-order chi connectivity index (χ0) is 11.0. The van der Waals surface area contributed by atoms with Gasteiger partial charge in [0.25, 0.3) is 0 Å². The molecule has 1 aromatic heterocycles. The van der Waals surface area contributed by atoms with Gasteiger partial charge in [-0.1, -0.05) is 19.9 Å². The van der Waals surface area contributed by atoms with Crippen LogP contribution in [0.4, 0.5) is 5.82 Å². The van der Waals surface area contributed by atoms with Crippen molar-refractivity contribution >= 4 is 5.82 Å². The largest absolute Gasteiger partial charge is 0.336 e. The molecule has 80 valence electrons. The number of aromatic nitrogens is 2. The average Bonchev–Trinajstić information content (AvgIpc) is 2.19. The van der Waals surface area contributed by atoms with Crippen LogP contribution in [0.15, 0.2) is 12.3 Å². The molecule has 0 amide bonds. The van der Waals surface area contributed by atoms with Crippen molar-refractivity contribution in [2.45, 2.75) is 33.1 Å². The molecule has 1 aliphatic rings. The highest BCUT2D eigenvalue weighted by molar-refractivity contribution is 5.54. The Morgan fingerprint density at radius 2 is 2.07 bits per heavy atom. The first-order valence-corrected chi connectivity index (χ1v) is 5.36. The van der Waals surface area contributed by atoms with Crippen molar-refractivity contribution in [1.29, 1.82) is 0 Å². The summed E-state index contributed by atoms with van der Waals surface area (Å²) in [4.78, 5) is 11.2. The number of fused-ring (bicyclic) bond motifs is 1.